The van der Waals surface area contributed by atoms with Crippen molar-refractivity contribution >= 4 is 46.1 Å². The fourth-order valence-electron chi connectivity index (χ4n) is 3.26. The van der Waals surface area contributed by atoms with Crippen LogP contribution in [0, 0.1) is 3.57 Å². The van der Waals surface area contributed by atoms with Crippen LogP contribution in [0.3, 0.4) is 0 Å². The Morgan fingerprint density at radius 3 is 2.50 bits per heavy atom. The number of rotatable bonds is 7. The monoisotopic (exact) mass is 549 g/mol. The number of amides is 3. The van der Waals surface area contributed by atoms with E-state index in [1.54, 1.807) is 35.4 Å². The van der Waals surface area contributed by atoms with Gasteiger partial charge in [0.15, 0.2) is 11.5 Å². The molecule has 0 saturated heterocycles. The fourth-order valence-corrected chi connectivity index (χ4v) is 3.75. The first-order chi connectivity index (χ1) is 15.4. The highest BCUT2D eigenvalue weighted by Crippen LogP contribution is 2.29. The van der Waals surface area contributed by atoms with Crippen molar-refractivity contribution < 1.29 is 23.9 Å². The van der Waals surface area contributed by atoms with Crippen molar-refractivity contribution in [1.82, 2.24) is 15.5 Å². The van der Waals surface area contributed by atoms with Gasteiger partial charge >= 0.3 is 6.09 Å². The number of halogens is 1. The van der Waals surface area contributed by atoms with Gasteiger partial charge in [0.2, 0.25) is 0 Å². The second-order valence-corrected chi connectivity index (χ2v) is 8.18. The summed E-state index contributed by atoms with van der Waals surface area (Å²) in [4.78, 5) is 38.4. The summed E-state index contributed by atoms with van der Waals surface area (Å²) in [6.07, 6.45) is 1.14. The summed E-state index contributed by atoms with van der Waals surface area (Å²) in [7, 11) is 1.51. The largest absolute Gasteiger partial charge is 0.493 e. The minimum atomic E-state index is -0.458. The minimum absolute atomic E-state index is 0.317. The zero-order valence-electron chi connectivity index (χ0n) is 18.0. The van der Waals surface area contributed by atoms with Crippen LogP contribution < -0.4 is 20.1 Å². The highest BCUT2D eigenvalue weighted by Gasteiger charge is 2.27. The van der Waals surface area contributed by atoms with Gasteiger partial charge in [-0.2, -0.15) is 0 Å². The van der Waals surface area contributed by atoms with Gasteiger partial charge in [-0.3, -0.25) is 14.9 Å². The molecule has 0 spiro atoms. The number of hydrogen-bond donors (Lipinski definition) is 2. The number of nitrogens with one attached hydrogen (secondary N) is 2. The van der Waals surface area contributed by atoms with Crippen LogP contribution in [-0.2, 0) is 11.3 Å². The van der Waals surface area contributed by atoms with E-state index in [2.05, 4.69) is 33.2 Å². The van der Waals surface area contributed by atoms with Crippen LogP contribution in [0.2, 0.25) is 0 Å². The summed E-state index contributed by atoms with van der Waals surface area (Å²) in [5.41, 5.74) is 2.23. The maximum absolute atomic E-state index is 12.4. The van der Waals surface area contributed by atoms with Gasteiger partial charge in [-0.1, -0.05) is 6.07 Å². The lowest BCUT2D eigenvalue weighted by Gasteiger charge is -2.19. The number of hydrogen-bond acceptors (Lipinski definition) is 6. The lowest BCUT2D eigenvalue weighted by atomic mass is 9.95. The molecule has 32 heavy (non-hydrogen) atoms. The minimum Gasteiger partial charge on any atom is -0.493 e. The predicted octanol–water partition coefficient (Wildman–Crippen LogP) is 3.54. The smallest absolute Gasteiger partial charge is 0.415 e. The summed E-state index contributed by atoms with van der Waals surface area (Å²) >= 11 is 2.14. The molecule has 0 fully saturated rings. The first-order valence-corrected chi connectivity index (χ1v) is 11.2. The summed E-state index contributed by atoms with van der Waals surface area (Å²) in [5.74, 6) is -0.104. The van der Waals surface area contributed by atoms with Crippen molar-refractivity contribution in [3.63, 3.8) is 0 Å². The second kappa shape index (κ2) is 10.5. The fraction of sp³-hybridized carbons (Fsp3) is 0.261. The van der Waals surface area contributed by atoms with Crippen LogP contribution in [-0.4, -0.2) is 43.0 Å². The number of carbonyl (C=O) groups excluding carboxylic acids is 3. The molecule has 0 aliphatic carbocycles. The van der Waals surface area contributed by atoms with E-state index in [0.717, 1.165) is 9.13 Å². The Hall–Kier alpha value is -3.08. The van der Waals surface area contributed by atoms with E-state index < -0.39 is 17.9 Å². The zero-order valence-corrected chi connectivity index (χ0v) is 20.2. The summed E-state index contributed by atoms with van der Waals surface area (Å²) in [6.45, 7) is 5.20. The molecule has 0 atom stereocenters. The van der Waals surface area contributed by atoms with Gasteiger partial charge in [0.1, 0.15) is 0 Å². The Bertz CT molecular complexity index is 1080. The third-order valence-electron chi connectivity index (χ3n) is 4.99. The third-order valence-corrected chi connectivity index (χ3v) is 5.66. The van der Waals surface area contributed by atoms with Gasteiger partial charge in [0.25, 0.3) is 11.8 Å². The maximum atomic E-state index is 12.4. The number of imide groups is 1. The van der Waals surface area contributed by atoms with E-state index in [4.69, 9.17) is 9.47 Å². The van der Waals surface area contributed by atoms with Crippen LogP contribution in [0.25, 0.3) is 5.57 Å². The molecule has 3 rings (SSSR count). The van der Waals surface area contributed by atoms with Gasteiger partial charge in [0, 0.05) is 40.5 Å². The Kier molecular flexibility index (Phi) is 7.73. The summed E-state index contributed by atoms with van der Waals surface area (Å²) < 4.78 is 11.8. The molecule has 0 unspecified atom stereocenters. The molecule has 1 aliphatic rings. The van der Waals surface area contributed by atoms with Crippen LogP contribution >= 0.6 is 22.6 Å². The van der Waals surface area contributed by atoms with Crippen molar-refractivity contribution in [3.05, 3.63) is 62.9 Å². The zero-order chi connectivity index (χ0) is 23.3. The summed E-state index contributed by atoms with van der Waals surface area (Å²) in [5, 5.41) is 5.47. The Morgan fingerprint density at radius 2 is 1.81 bits per heavy atom. The highest BCUT2D eigenvalue weighted by molar-refractivity contribution is 14.1. The lowest BCUT2D eigenvalue weighted by Crippen LogP contribution is -2.37. The van der Waals surface area contributed by atoms with Crippen LogP contribution in [0.1, 0.15) is 35.3 Å². The van der Waals surface area contributed by atoms with Gasteiger partial charge in [-0.25, -0.2) is 4.79 Å². The van der Waals surface area contributed by atoms with E-state index in [9.17, 15) is 14.4 Å². The van der Waals surface area contributed by atoms with Gasteiger partial charge in [-0.05, 0) is 72.3 Å². The first kappa shape index (κ1) is 23.6. The van der Waals surface area contributed by atoms with E-state index in [1.165, 1.54) is 7.11 Å². The molecule has 1 heterocycles. The molecular weight excluding hydrogens is 525 g/mol. The lowest BCUT2D eigenvalue weighted by molar-refractivity contribution is -0.114. The van der Waals surface area contributed by atoms with Crippen LogP contribution in [0.15, 0.2) is 42.6 Å². The number of fused-ring (bicyclic) bond motifs is 1. The Morgan fingerprint density at radius 1 is 1.06 bits per heavy atom. The normalized spacial score (nSPS) is 13.9. The molecule has 168 valence electrons. The summed E-state index contributed by atoms with van der Waals surface area (Å²) in [6, 6.07) is 10.6. The van der Waals surface area contributed by atoms with Crippen LogP contribution in [0.5, 0.6) is 11.5 Å². The Labute approximate surface area is 200 Å². The van der Waals surface area contributed by atoms with Crippen molar-refractivity contribution in [2.45, 2.75) is 20.4 Å². The molecule has 0 aromatic heterocycles. The SMILES string of the molecule is CCN(CC)C(=O)Oc1cc(CN/C=C2\C(=O)NC(=O)c3ccc(I)cc32)ccc1OC. The van der Waals surface area contributed by atoms with Crippen molar-refractivity contribution in [3.8, 4) is 11.5 Å². The van der Waals surface area contributed by atoms with Gasteiger partial charge in [-0.15, -0.1) is 0 Å². The first-order valence-electron chi connectivity index (χ1n) is 10.1. The van der Waals surface area contributed by atoms with E-state index >= 15 is 0 Å². The molecule has 1 aliphatic heterocycles. The average Bonchev–Trinajstić information content (AvgIpc) is 2.76. The number of benzene rings is 2. The molecule has 8 nitrogen and oxygen atoms in total. The number of ether oxygens (including phenoxy) is 2. The molecule has 9 heteroatoms. The second-order valence-electron chi connectivity index (χ2n) is 6.94. The molecule has 2 N–H and O–H groups in total. The quantitative estimate of drug-likeness (QED) is 0.312. The molecule has 3 amide bonds. The third kappa shape index (κ3) is 5.21. The van der Waals surface area contributed by atoms with E-state index in [0.29, 0.717) is 47.8 Å². The van der Waals surface area contributed by atoms with Crippen molar-refractivity contribution in [2.24, 2.45) is 0 Å². The Balaban J connectivity index is 1.79. The molecule has 2 aromatic rings. The molecule has 0 bridgehead atoms. The highest BCUT2D eigenvalue weighted by atomic mass is 127. The molecular formula is C23H24IN3O5. The maximum Gasteiger partial charge on any atom is 0.415 e. The standard InChI is InChI=1S/C23H24IN3O5/c1-4-27(5-2)23(30)32-20-10-14(6-9-19(20)31-3)12-25-13-18-17-11-15(24)7-8-16(17)21(28)26-22(18)29/h6-11,13,25H,4-5,12H2,1-3H3,(H,26,28,29)/b18-13-. The number of carbonyl (C=O) groups is 3. The predicted molar refractivity (Wildman–Crippen MR) is 128 cm³/mol. The van der Waals surface area contributed by atoms with Gasteiger partial charge in [0.05, 0.1) is 12.7 Å². The average molecular weight is 549 g/mol. The van der Waals surface area contributed by atoms with Crippen LogP contribution in [0.4, 0.5) is 4.79 Å². The number of nitrogens with zero attached hydrogens (tertiary/aromatic N) is 1. The van der Waals surface area contributed by atoms with E-state index in [1.807, 2.05) is 26.0 Å². The topological polar surface area (TPSA) is 97.0 Å². The molecule has 2 aromatic carbocycles. The van der Waals surface area contributed by atoms with E-state index in [-0.39, 0.29) is 0 Å². The van der Waals surface area contributed by atoms with Gasteiger partial charge < -0.3 is 19.7 Å². The molecule has 0 saturated carbocycles. The van der Waals surface area contributed by atoms with Crippen molar-refractivity contribution in [2.75, 3.05) is 20.2 Å². The van der Waals surface area contributed by atoms with Crippen molar-refractivity contribution in [1.29, 1.82) is 0 Å². The molecule has 0 radical (unpaired) electrons. The number of methoxy groups -OCH3 is 1.